The minimum atomic E-state index is -3.13. The van der Waals surface area contributed by atoms with Crippen LogP contribution in [0, 0.1) is 23.7 Å². The summed E-state index contributed by atoms with van der Waals surface area (Å²) < 4.78 is 27.9. The molecule has 0 bridgehead atoms. The molecule has 228 valence electrons. The van der Waals surface area contributed by atoms with Gasteiger partial charge in [-0.3, -0.25) is 9.59 Å². The van der Waals surface area contributed by atoms with E-state index < -0.39 is 20.1 Å². The van der Waals surface area contributed by atoms with Gasteiger partial charge in [0.25, 0.3) is 5.91 Å². The van der Waals surface area contributed by atoms with Gasteiger partial charge in [-0.25, -0.2) is 0 Å². The molecule has 5 fully saturated rings. The molecule has 5 aliphatic rings. The summed E-state index contributed by atoms with van der Waals surface area (Å²) >= 11 is 0. The monoisotopic (exact) mass is 580 g/mol. The van der Waals surface area contributed by atoms with Crippen molar-refractivity contribution in [3.8, 4) is 0 Å². The predicted molar refractivity (Wildman–Crippen MR) is 155 cm³/mol. The average Bonchev–Trinajstić information content (AvgIpc) is 3.36. The number of halogens is 1. The smallest absolute Gasteiger partial charge is 0.255 e. The Morgan fingerprint density at radius 2 is 1.85 bits per heavy atom. The van der Waals surface area contributed by atoms with Crippen molar-refractivity contribution in [2.45, 2.75) is 139 Å². The van der Waals surface area contributed by atoms with Crippen LogP contribution in [0.3, 0.4) is 0 Å². The molecule has 3 aliphatic carbocycles. The van der Waals surface area contributed by atoms with Crippen molar-refractivity contribution >= 4 is 20.2 Å². The van der Waals surface area contributed by atoms with Crippen molar-refractivity contribution in [3.05, 3.63) is 0 Å². The van der Waals surface area contributed by atoms with Gasteiger partial charge in [-0.05, 0) is 89.1 Å². The second kappa shape index (κ2) is 12.3. The molecule has 9 heteroatoms. The number of hydrogen-bond acceptors (Lipinski definition) is 5. The Morgan fingerprint density at radius 3 is 2.52 bits per heavy atom. The summed E-state index contributed by atoms with van der Waals surface area (Å²) in [5.74, 6) is 0.590. The molecule has 7 nitrogen and oxygen atoms in total. The predicted octanol–water partition coefficient (Wildman–Crippen LogP) is 4.97. The number of aliphatic hydroxyl groups is 1. The number of rotatable bonds is 8. The third-order valence-electron chi connectivity index (χ3n) is 11.4. The third kappa shape index (κ3) is 5.65. The molecule has 40 heavy (non-hydrogen) atoms. The number of amides is 2. The Labute approximate surface area is 241 Å². The molecule has 2 aliphatic heterocycles. The molecule has 0 radical (unpaired) electrons. The largest absolute Gasteiger partial charge is 0.396 e. The van der Waals surface area contributed by atoms with Crippen LogP contribution in [0.15, 0.2) is 0 Å². The fourth-order valence-electron chi connectivity index (χ4n) is 9.57. The lowest BCUT2D eigenvalue weighted by molar-refractivity contribution is -0.156. The first-order valence-electron chi connectivity index (χ1n) is 16.2. The molecule has 2 saturated heterocycles. The van der Waals surface area contributed by atoms with E-state index in [1.165, 1.54) is 0 Å². The number of carbonyl (C=O) groups excluding carboxylic acids is 2. The van der Waals surface area contributed by atoms with Gasteiger partial charge in [-0.15, -0.1) is 0 Å². The average molecular weight is 581 g/mol. The lowest BCUT2D eigenvalue weighted by Crippen LogP contribution is -2.50. The molecule has 4 unspecified atom stereocenters. The summed E-state index contributed by atoms with van der Waals surface area (Å²) in [6, 6.07) is 0.311. The van der Waals surface area contributed by atoms with Crippen molar-refractivity contribution in [3.63, 3.8) is 0 Å². The van der Waals surface area contributed by atoms with Crippen molar-refractivity contribution in [2.75, 3.05) is 20.3 Å². The Hall–Kier alpha value is -1.03. The highest BCUT2D eigenvalue weighted by Crippen LogP contribution is 2.60. The molecule has 8 atom stereocenters. The van der Waals surface area contributed by atoms with Crippen molar-refractivity contribution in [1.29, 1.82) is 0 Å². The lowest BCUT2D eigenvalue weighted by Gasteiger charge is -2.38. The molecule has 0 aromatic heterocycles. The minimum Gasteiger partial charge on any atom is -0.396 e. The van der Waals surface area contributed by atoms with E-state index in [2.05, 4.69) is 17.1 Å². The van der Waals surface area contributed by atoms with Gasteiger partial charge < -0.3 is 28.9 Å². The van der Waals surface area contributed by atoms with Gasteiger partial charge in [0.2, 0.25) is 14.3 Å². The van der Waals surface area contributed by atoms with Gasteiger partial charge in [-0.2, -0.15) is 0 Å². The molecule has 2 N–H and O–H groups in total. The van der Waals surface area contributed by atoms with Crippen LogP contribution in [0.1, 0.15) is 90.4 Å². The number of hydrogen-bond donors (Lipinski definition) is 2. The molecule has 1 spiro atoms. The van der Waals surface area contributed by atoms with E-state index in [0.29, 0.717) is 18.9 Å². The van der Waals surface area contributed by atoms with Crippen LogP contribution in [-0.2, 0) is 19.1 Å². The molecule has 2 heterocycles. The zero-order valence-electron chi connectivity index (χ0n) is 25.2. The van der Waals surface area contributed by atoms with Gasteiger partial charge in [0.1, 0.15) is 0 Å². The molecular formula is C31H53FN2O5Si. The molecular weight excluding hydrogens is 527 g/mol. The number of carbonyl (C=O) groups is 2. The highest BCUT2D eigenvalue weighted by Gasteiger charge is 2.70. The molecule has 3 saturated carbocycles. The maximum atomic E-state index is 15.7. The number of methoxy groups -OCH3 is 1. The Balaban J connectivity index is 1.28. The van der Waals surface area contributed by atoms with Gasteiger partial charge >= 0.3 is 0 Å². The first-order valence-corrected chi connectivity index (χ1v) is 19.2. The zero-order valence-corrected chi connectivity index (χ0v) is 26.2. The van der Waals surface area contributed by atoms with E-state index >= 15 is 4.11 Å². The minimum absolute atomic E-state index is 0.0521. The molecule has 5 rings (SSSR count). The van der Waals surface area contributed by atoms with Crippen molar-refractivity contribution < 1.29 is 28.3 Å². The number of nitrogens with zero attached hydrogens (tertiary/aromatic N) is 1. The SMILES string of the molecule is COC1CCC(C(=O)NC2CCCC(CN3C(=O)[C@]4(O[C@H](CCO)[C@@H]([Si](C)(C)F)[C@@H]4C)C4CCCCC43)C2)CC1. The van der Waals surface area contributed by atoms with Crippen LogP contribution in [0.25, 0.3) is 0 Å². The normalized spacial score (nSPS) is 42.3. The summed E-state index contributed by atoms with van der Waals surface area (Å²) in [5, 5.41) is 13.1. The summed E-state index contributed by atoms with van der Waals surface area (Å²) in [6.45, 7) is 6.17. The van der Waals surface area contributed by atoms with E-state index in [1.807, 2.05) is 0 Å². The number of ether oxygens (including phenoxy) is 2. The molecule has 0 aromatic carbocycles. The maximum absolute atomic E-state index is 15.7. The Morgan fingerprint density at radius 1 is 1.12 bits per heavy atom. The van der Waals surface area contributed by atoms with Crippen LogP contribution >= 0.6 is 0 Å². The van der Waals surface area contributed by atoms with Crippen LogP contribution in [0.5, 0.6) is 0 Å². The van der Waals surface area contributed by atoms with Gasteiger partial charge in [0.15, 0.2) is 5.60 Å². The second-order valence-electron chi connectivity index (χ2n) is 14.2. The summed E-state index contributed by atoms with van der Waals surface area (Å²) in [7, 11) is -1.38. The lowest BCUT2D eigenvalue weighted by atomic mass is 9.71. The summed E-state index contributed by atoms with van der Waals surface area (Å²) in [6.07, 6.45) is 12.1. The number of aliphatic hydroxyl groups excluding tert-OH is 1. The van der Waals surface area contributed by atoms with E-state index in [0.717, 1.165) is 77.0 Å². The standard InChI is InChI=1S/C31H53FN2O5Si/c1-20-28(40(3,4)32)27(16-17-35)39-31(20)25-10-5-6-11-26(25)34(30(31)37)19-21-8-7-9-23(18-21)33-29(36)22-12-14-24(38-2)15-13-22/h20-28,35H,5-19H2,1-4H3,(H,33,36)/t20-,21?,22?,23?,24?,25?,26?,27+,28-,31+/m0/s1. The number of fused-ring (bicyclic) bond motifs is 2. The summed E-state index contributed by atoms with van der Waals surface area (Å²) in [5.41, 5.74) is -1.26. The Bertz CT molecular complexity index is 909. The van der Waals surface area contributed by atoms with Crippen LogP contribution in [-0.4, -0.2) is 80.4 Å². The number of likely N-dealkylation sites (tertiary alicyclic amines) is 1. The molecule has 2 amide bonds. The first-order chi connectivity index (χ1) is 19.1. The fraction of sp³-hybridized carbons (Fsp3) is 0.935. The summed E-state index contributed by atoms with van der Waals surface area (Å²) in [4.78, 5) is 29.7. The first kappa shape index (κ1) is 30.4. The van der Waals surface area contributed by atoms with Crippen LogP contribution < -0.4 is 5.32 Å². The van der Waals surface area contributed by atoms with Gasteiger partial charge in [0, 0.05) is 49.7 Å². The van der Waals surface area contributed by atoms with Crippen LogP contribution in [0.2, 0.25) is 18.6 Å². The fourth-order valence-corrected chi connectivity index (χ4v) is 12.1. The van der Waals surface area contributed by atoms with E-state index in [1.54, 1.807) is 20.2 Å². The second-order valence-corrected chi connectivity index (χ2v) is 18.0. The van der Waals surface area contributed by atoms with Crippen LogP contribution in [0.4, 0.5) is 4.11 Å². The molecule has 0 aromatic rings. The zero-order chi connectivity index (χ0) is 28.7. The van der Waals surface area contributed by atoms with E-state index in [4.69, 9.17) is 9.47 Å². The Kier molecular flexibility index (Phi) is 9.35. The highest BCUT2D eigenvalue weighted by molar-refractivity contribution is 6.72. The van der Waals surface area contributed by atoms with Crippen molar-refractivity contribution in [2.24, 2.45) is 23.7 Å². The quantitative estimate of drug-likeness (QED) is 0.313. The van der Waals surface area contributed by atoms with E-state index in [9.17, 15) is 14.7 Å². The topological polar surface area (TPSA) is 88.1 Å². The van der Waals surface area contributed by atoms with Gasteiger partial charge in [-0.1, -0.05) is 26.2 Å². The van der Waals surface area contributed by atoms with Crippen molar-refractivity contribution in [1.82, 2.24) is 10.2 Å². The third-order valence-corrected chi connectivity index (χ3v) is 13.9. The maximum Gasteiger partial charge on any atom is 0.255 e. The van der Waals surface area contributed by atoms with E-state index in [-0.39, 0.29) is 59.9 Å². The highest BCUT2D eigenvalue weighted by atomic mass is 28.4. The number of nitrogens with one attached hydrogen (secondary N) is 1. The van der Waals surface area contributed by atoms with Gasteiger partial charge in [0.05, 0.1) is 12.2 Å².